The topological polar surface area (TPSA) is 52.2 Å². The molecular weight excluding hydrogens is 409 g/mol. The lowest BCUT2D eigenvalue weighted by Crippen LogP contribution is -2.31. The fourth-order valence-electron chi connectivity index (χ4n) is 1.97. The molecular formula is C14H6Br2FNO3. The second-order valence-corrected chi connectivity index (χ2v) is 6.02. The van der Waals surface area contributed by atoms with E-state index in [2.05, 4.69) is 31.9 Å². The first-order valence-electron chi connectivity index (χ1n) is 5.78. The number of benzene rings is 2. The van der Waals surface area contributed by atoms with E-state index in [-0.39, 0.29) is 16.7 Å². The minimum Gasteiger partial charge on any atom is -0.408 e. The summed E-state index contributed by atoms with van der Waals surface area (Å²) in [5, 5.41) is 0.236. The van der Waals surface area contributed by atoms with Crippen LogP contribution in [0.3, 0.4) is 0 Å². The summed E-state index contributed by atoms with van der Waals surface area (Å²) >= 11 is 6.52. The summed E-state index contributed by atoms with van der Waals surface area (Å²) < 4.78 is 20.2. The third-order valence-electron chi connectivity index (χ3n) is 2.90. The highest BCUT2D eigenvalue weighted by atomic mass is 79.9. The zero-order chi connectivity index (χ0) is 15.1. The third-order valence-corrected chi connectivity index (χ3v) is 3.95. The van der Waals surface area contributed by atoms with E-state index >= 15 is 0 Å². The van der Waals surface area contributed by atoms with Gasteiger partial charge in [0.25, 0.3) is 5.56 Å². The molecule has 0 saturated heterocycles. The summed E-state index contributed by atoms with van der Waals surface area (Å²) in [6.07, 6.45) is 0. The van der Waals surface area contributed by atoms with Gasteiger partial charge < -0.3 is 4.42 Å². The molecule has 0 radical (unpaired) electrons. The van der Waals surface area contributed by atoms with E-state index < -0.39 is 17.1 Å². The molecule has 0 atom stereocenters. The van der Waals surface area contributed by atoms with Crippen LogP contribution < -0.4 is 11.3 Å². The van der Waals surface area contributed by atoms with Crippen molar-refractivity contribution in [3.8, 4) is 5.69 Å². The Hall–Kier alpha value is -1.73. The maximum atomic E-state index is 13.0. The molecule has 106 valence electrons. The number of nitrogens with zero attached hydrogens (tertiary/aromatic N) is 1. The van der Waals surface area contributed by atoms with Crippen LogP contribution in [0.4, 0.5) is 4.39 Å². The van der Waals surface area contributed by atoms with Crippen LogP contribution in [-0.2, 0) is 0 Å². The van der Waals surface area contributed by atoms with Gasteiger partial charge in [0, 0.05) is 4.47 Å². The van der Waals surface area contributed by atoms with Crippen LogP contribution in [0.2, 0.25) is 0 Å². The van der Waals surface area contributed by atoms with Gasteiger partial charge in [0.05, 0.1) is 15.5 Å². The highest BCUT2D eigenvalue weighted by Gasteiger charge is 2.14. The molecule has 0 amide bonds. The van der Waals surface area contributed by atoms with Crippen molar-refractivity contribution in [1.29, 1.82) is 0 Å². The van der Waals surface area contributed by atoms with Crippen LogP contribution in [0.1, 0.15) is 0 Å². The van der Waals surface area contributed by atoms with E-state index in [1.165, 1.54) is 24.3 Å². The molecule has 0 saturated carbocycles. The van der Waals surface area contributed by atoms with Crippen molar-refractivity contribution in [2.45, 2.75) is 0 Å². The second-order valence-electron chi connectivity index (χ2n) is 4.25. The zero-order valence-corrected chi connectivity index (χ0v) is 13.4. The van der Waals surface area contributed by atoms with E-state index in [4.69, 9.17) is 4.42 Å². The molecule has 0 aliphatic heterocycles. The zero-order valence-electron chi connectivity index (χ0n) is 10.3. The number of fused-ring (bicyclic) bond motifs is 1. The Balaban J connectivity index is 2.42. The van der Waals surface area contributed by atoms with Crippen molar-refractivity contribution in [2.24, 2.45) is 0 Å². The van der Waals surface area contributed by atoms with Gasteiger partial charge in [-0.1, -0.05) is 15.9 Å². The van der Waals surface area contributed by atoms with Crippen LogP contribution in [0.25, 0.3) is 16.7 Å². The summed E-state index contributed by atoms with van der Waals surface area (Å²) in [5.74, 6) is -1.29. The fourth-order valence-corrected chi connectivity index (χ4v) is 3.28. The number of hydrogen-bond donors (Lipinski definition) is 0. The summed E-state index contributed by atoms with van der Waals surface area (Å²) in [6, 6.07) is 8.25. The van der Waals surface area contributed by atoms with Gasteiger partial charge in [-0.3, -0.25) is 4.79 Å². The third kappa shape index (κ3) is 2.47. The smallest absolute Gasteiger partial charge is 0.408 e. The molecule has 1 heterocycles. The van der Waals surface area contributed by atoms with E-state index in [1.807, 2.05) is 0 Å². The van der Waals surface area contributed by atoms with Gasteiger partial charge in [-0.25, -0.2) is 13.8 Å². The molecule has 0 bridgehead atoms. The Labute approximate surface area is 134 Å². The first kappa shape index (κ1) is 14.2. The highest BCUT2D eigenvalue weighted by Crippen LogP contribution is 2.25. The molecule has 0 N–H and O–H groups in total. The Morgan fingerprint density at radius 2 is 1.71 bits per heavy atom. The predicted octanol–water partition coefficient (Wildman–Crippen LogP) is 3.61. The van der Waals surface area contributed by atoms with Crippen molar-refractivity contribution in [2.75, 3.05) is 0 Å². The van der Waals surface area contributed by atoms with Crippen LogP contribution in [0, 0.1) is 5.82 Å². The summed E-state index contributed by atoms with van der Waals surface area (Å²) in [5.41, 5.74) is -0.116. The van der Waals surface area contributed by atoms with Crippen molar-refractivity contribution in [3.05, 3.63) is 72.1 Å². The van der Waals surface area contributed by atoms with E-state index in [9.17, 15) is 14.0 Å². The molecule has 0 spiro atoms. The van der Waals surface area contributed by atoms with E-state index in [0.29, 0.717) is 8.95 Å². The fraction of sp³-hybridized carbons (Fsp3) is 0. The summed E-state index contributed by atoms with van der Waals surface area (Å²) in [6.45, 7) is 0. The standard InChI is InChI=1S/C14H6Br2FNO3/c15-7-5-10-12(11(16)6-7)21-14(20)18(13(10)19)9-3-1-8(17)2-4-9/h1-6H. The second kappa shape index (κ2) is 5.23. The van der Waals surface area contributed by atoms with Crippen LogP contribution >= 0.6 is 31.9 Å². The maximum absolute atomic E-state index is 13.0. The van der Waals surface area contributed by atoms with Crippen molar-refractivity contribution in [3.63, 3.8) is 0 Å². The lowest BCUT2D eigenvalue weighted by Gasteiger charge is -2.06. The molecule has 0 fully saturated rings. The van der Waals surface area contributed by atoms with Crippen LogP contribution in [0.5, 0.6) is 0 Å². The molecule has 7 heteroatoms. The molecule has 0 unspecified atom stereocenters. The molecule has 2 aromatic carbocycles. The maximum Gasteiger partial charge on any atom is 0.427 e. The molecule has 0 aliphatic carbocycles. The monoisotopic (exact) mass is 413 g/mol. The molecule has 21 heavy (non-hydrogen) atoms. The average molecular weight is 415 g/mol. The van der Waals surface area contributed by atoms with E-state index in [1.54, 1.807) is 12.1 Å². The normalized spacial score (nSPS) is 11.0. The minimum atomic E-state index is -0.831. The van der Waals surface area contributed by atoms with Gasteiger partial charge in [0.1, 0.15) is 5.82 Å². The Morgan fingerprint density at radius 1 is 1.05 bits per heavy atom. The molecule has 1 aromatic heterocycles. The van der Waals surface area contributed by atoms with Crippen molar-refractivity contribution < 1.29 is 8.81 Å². The lowest BCUT2D eigenvalue weighted by molar-refractivity contribution is 0.502. The number of halogens is 3. The van der Waals surface area contributed by atoms with Crippen molar-refractivity contribution >= 4 is 42.8 Å². The first-order valence-corrected chi connectivity index (χ1v) is 7.37. The van der Waals surface area contributed by atoms with Crippen LogP contribution in [-0.4, -0.2) is 4.57 Å². The van der Waals surface area contributed by atoms with Gasteiger partial charge in [0.2, 0.25) is 0 Å². The molecule has 0 aliphatic rings. The highest BCUT2D eigenvalue weighted by molar-refractivity contribution is 9.11. The van der Waals surface area contributed by atoms with E-state index in [0.717, 1.165) is 4.57 Å². The number of aromatic nitrogens is 1. The Morgan fingerprint density at radius 3 is 2.38 bits per heavy atom. The summed E-state index contributed by atoms with van der Waals surface area (Å²) in [7, 11) is 0. The van der Waals surface area contributed by atoms with Crippen molar-refractivity contribution in [1.82, 2.24) is 4.57 Å². The largest absolute Gasteiger partial charge is 0.427 e. The predicted molar refractivity (Wildman–Crippen MR) is 83.4 cm³/mol. The van der Waals surface area contributed by atoms with Crippen LogP contribution in [0.15, 0.2) is 59.3 Å². The molecule has 3 rings (SSSR count). The Bertz CT molecular complexity index is 961. The number of rotatable bonds is 1. The average Bonchev–Trinajstić information content (AvgIpc) is 2.42. The lowest BCUT2D eigenvalue weighted by atomic mass is 10.2. The Kier molecular flexibility index (Phi) is 3.54. The van der Waals surface area contributed by atoms with Gasteiger partial charge >= 0.3 is 5.76 Å². The quantitative estimate of drug-likeness (QED) is 0.611. The van der Waals surface area contributed by atoms with Gasteiger partial charge in [-0.2, -0.15) is 0 Å². The SMILES string of the molecule is O=c1oc2c(Br)cc(Br)cc2c(=O)n1-c1ccc(F)cc1. The number of hydrogen-bond acceptors (Lipinski definition) is 3. The first-order chi connectivity index (χ1) is 9.97. The van der Waals surface area contributed by atoms with Gasteiger partial charge in [-0.15, -0.1) is 0 Å². The minimum absolute atomic E-state index is 0.173. The van der Waals surface area contributed by atoms with Gasteiger partial charge in [0.15, 0.2) is 5.58 Å². The molecule has 4 nitrogen and oxygen atoms in total. The van der Waals surface area contributed by atoms with Gasteiger partial charge in [-0.05, 0) is 52.3 Å². The summed E-state index contributed by atoms with van der Waals surface area (Å²) in [4.78, 5) is 24.6. The molecule has 3 aromatic rings.